The van der Waals surface area contributed by atoms with Crippen LogP contribution >= 0.6 is 11.6 Å². The average Bonchev–Trinajstić information content (AvgIpc) is 2.77. The molecule has 1 unspecified atom stereocenters. The number of pyridine rings is 1. The van der Waals surface area contributed by atoms with Crippen molar-refractivity contribution in [2.24, 2.45) is 5.16 Å². The molecular formula is C9H10ClN3O3S. The van der Waals surface area contributed by atoms with E-state index in [1.807, 2.05) is 0 Å². The third kappa shape index (κ3) is 2.67. The van der Waals surface area contributed by atoms with E-state index in [-0.39, 0.29) is 16.8 Å². The largest absolute Gasteiger partial charge is 0.368 e. The Balaban J connectivity index is 2.16. The molecule has 0 bridgehead atoms. The minimum atomic E-state index is -3.50. The number of rotatable bonds is 4. The van der Waals surface area contributed by atoms with Crippen LogP contribution < -0.4 is 0 Å². The predicted octanol–water partition coefficient (Wildman–Crippen LogP) is 0.653. The van der Waals surface area contributed by atoms with Crippen LogP contribution in [0.3, 0.4) is 0 Å². The first-order valence-corrected chi connectivity index (χ1v) is 6.97. The molecule has 0 radical (unpaired) electrons. The van der Waals surface area contributed by atoms with Crippen molar-refractivity contribution in [2.45, 2.75) is 11.3 Å². The molecule has 1 aliphatic heterocycles. The summed E-state index contributed by atoms with van der Waals surface area (Å²) in [6.07, 6.45) is 2.20. The molecule has 0 saturated heterocycles. The van der Waals surface area contributed by atoms with Crippen molar-refractivity contribution < 1.29 is 13.3 Å². The van der Waals surface area contributed by atoms with Gasteiger partial charge >= 0.3 is 0 Å². The fourth-order valence-corrected chi connectivity index (χ4v) is 2.82. The second-order valence-corrected chi connectivity index (χ2v) is 5.58. The van der Waals surface area contributed by atoms with Gasteiger partial charge in [0.25, 0.3) is 0 Å². The summed E-state index contributed by atoms with van der Waals surface area (Å²) in [5.41, 5.74) is 0. The normalized spacial score (nSPS) is 19.4. The summed E-state index contributed by atoms with van der Waals surface area (Å²) in [7, 11) is -3.50. The minimum absolute atomic E-state index is 0.0219. The van der Waals surface area contributed by atoms with E-state index in [9.17, 15) is 8.42 Å². The number of nitrogens with zero attached hydrogens (tertiary/aromatic N) is 3. The molecule has 0 saturated carbocycles. The smallest absolute Gasteiger partial charge is 0.215 e. The summed E-state index contributed by atoms with van der Waals surface area (Å²) >= 11 is 5.62. The van der Waals surface area contributed by atoms with Gasteiger partial charge in [-0.2, -0.15) is 0 Å². The van der Waals surface area contributed by atoms with Crippen LogP contribution in [0, 0.1) is 0 Å². The Labute approximate surface area is 104 Å². The third-order valence-corrected chi connectivity index (χ3v) is 3.94. The summed E-state index contributed by atoms with van der Waals surface area (Å²) in [4.78, 5) is 10.1. The molecule has 2 rings (SSSR count). The zero-order valence-electron chi connectivity index (χ0n) is 8.73. The van der Waals surface area contributed by atoms with E-state index in [4.69, 9.17) is 16.4 Å². The van der Waals surface area contributed by atoms with E-state index in [0.717, 1.165) is 0 Å². The highest BCUT2D eigenvalue weighted by atomic mass is 35.5. The number of hydrogen-bond donors (Lipinski definition) is 0. The Morgan fingerprint density at radius 3 is 2.94 bits per heavy atom. The topological polar surface area (TPSA) is 71.9 Å². The number of alkyl halides is 1. The molecule has 0 fully saturated rings. The van der Waals surface area contributed by atoms with E-state index in [0.29, 0.717) is 0 Å². The van der Waals surface area contributed by atoms with Crippen LogP contribution in [0.4, 0.5) is 0 Å². The highest BCUT2D eigenvalue weighted by molar-refractivity contribution is 7.91. The highest BCUT2D eigenvalue weighted by Crippen LogP contribution is 2.14. The Morgan fingerprint density at radius 2 is 2.29 bits per heavy atom. The van der Waals surface area contributed by atoms with Crippen molar-refractivity contribution in [2.75, 3.05) is 11.8 Å². The lowest BCUT2D eigenvalue weighted by Gasteiger charge is -2.19. The number of oxime groups is 1. The number of aromatic nitrogens is 1. The molecule has 92 valence electrons. The first-order chi connectivity index (χ1) is 8.13. The van der Waals surface area contributed by atoms with Crippen molar-refractivity contribution in [1.29, 1.82) is 0 Å². The Bertz CT molecular complexity index is 505. The zero-order valence-corrected chi connectivity index (χ0v) is 10.3. The van der Waals surface area contributed by atoms with E-state index < -0.39 is 16.1 Å². The molecule has 0 spiro atoms. The fourth-order valence-electron chi connectivity index (χ4n) is 1.32. The maximum Gasteiger partial charge on any atom is 0.215 e. The third-order valence-electron chi connectivity index (χ3n) is 2.16. The van der Waals surface area contributed by atoms with Gasteiger partial charge in [-0.1, -0.05) is 11.2 Å². The van der Waals surface area contributed by atoms with Gasteiger partial charge in [0.1, 0.15) is 12.2 Å². The van der Waals surface area contributed by atoms with E-state index in [2.05, 4.69) is 10.1 Å². The van der Waals surface area contributed by atoms with E-state index in [1.54, 1.807) is 12.1 Å². The SMILES string of the molecule is O=S(=O)(CN1C=NOC1CCl)c1ccccn1. The summed E-state index contributed by atoms with van der Waals surface area (Å²) in [5, 5.41) is 3.55. The second kappa shape index (κ2) is 4.89. The molecule has 2 heterocycles. The minimum Gasteiger partial charge on any atom is -0.368 e. The van der Waals surface area contributed by atoms with Crippen molar-refractivity contribution in [1.82, 2.24) is 9.88 Å². The Morgan fingerprint density at radius 1 is 1.47 bits per heavy atom. The van der Waals surface area contributed by atoms with Gasteiger partial charge in [-0.3, -0.25) is 0 Å². The van der Waals surface area contributed by atoms with Gasteiger partial charge in [0.2, 0.25) is 16.1 Å². The van der Waals surface area contributed by atoms with Crippen LogP contribution in [0.5, 0.6) is 0 Å². The van der Waals surface area contributed by atoms with Crippen molar-refractivity contribution in [3.8, 4) is 0 Å². The van der Waals surface area contributed by atoms with E-state index >= 15 is 0 Å². The monoisotopic (exact) mass is 275 g/mol. The Hall–Kier alpha value is -1.34. The lowest BCUT2D eigenvalue weighted by molar-refractivity contribution is 0.0351. The second-order valence-electron chi connectivity index (χ2n) is 3.36. The molecular weight excluding hydrogens is 266 g/mol. The summed E-state index contributed by atoms with van der Waals surface area (Å²) in [6, 6.07) is 4.72. The lowest BCUT2D eigenvalue weighted by atomic mass is 10.5. The van der Waals surface area contributed by atoms with Crippen LogP contribution in [-0.4, -0.2) is 42.6 Å². The zero-order chi connectivity index (χ0) is 12.3. The molecule has 1 aliphatic rings. The quantitative estimate of drug-likeness (QED) is 0.755. The lowest BCUT2D eigenvalue weighted by Crippen LogP contribution is -2.36. The molecule has 6 nitrogen and oxygen atoms in total. The first kappa shape index (κ1) is 12.1. The van der Waals surface area contributed by atoms with Crippen LogP contribution in [0.25, 0.3) is 0 Å². The molecule has 1 atom stereocenters. The average molecular weight is 276 g/mol. The van der Waals surface area contributed by atoms with Crippen molar-refractivity contribution in [3.63, 3.8) is 0 Å². The van der Waals surface area contributed by atoms with E-state index in [1.165, 1.54) is 23.5 Å². The summed E-state index contributed by atoms with van der Waals surface area (Å²) < 4.78 is 24.0. The van der Waals surface area contributed by atoms with Crippen molar-refractivity contribution in [3.05, 3.63) is 24.4 Å². The number of hydrogen-bond acceptors (Lipinski definition) is 6. The summed E-state index contributed by atoms with van der Waals surface area (Å²) in [6.45, 7) is 0. The Kier molecular flexibility index (Phi) is 3.49. The maximum atomic E-state index is 12.0. The highest BCUT2D eigenvalue weighted by Gasteiger charge is 2.28. The van der Waals surface area contributed by atoms with Gasteiger partial charge in [0.05, 0.1) is 5.88 Å². The standard InChI is InChI=1S/C9H10ClN3O3S/c10-5-9-13(6-12-16-9)7-17(14,15)8-3-1-2-4-11-8/h1-4,6,9H,5,7H2. The molecule has 0 aliphatic carbocycles. The van der Waals surface area contributed by atoms with Gasteiger partial charge in [-0.05, 0) is 12.1 Å². The van der Waals surface area contributed by atoms with Gasteiger partial charge in [0, 0.05) is 6.20 Å². The first-order valence-electron chi connectivity index (χ1n) is 4.78. The molecule has 0 N–H and O–H groups in total. The number of sulfone groups is 1. The van der Waals surface area contributed by atoms with Crippen LogP contribution in [-0.2, 0) is 14.7 Å². The van der Waals surface area contributed by atoms with Crippen LogP contribution in [0.2, 0.25) is 0 Å². The molecule has 1 aromatic heterocycles. The predicted molar refractivity (Wildman–Crippen MR) is 62.2 cm³/mol. The summed E-state index contributed by atoms with van der Waals surface area (Å²) in [5.74, 6) is -0.122. The van der Waals surface area contributed by atoms with Gasteiger partial charge in [-0.15, -0.1) is 11.6 Å². The molecule has 8 heteroatoms. The van der Waals surface area contributed by atoms with Gasteiger partial charge < -0.3 is 9.74 Å². The number of halogens is 1. The molecule has 0 amide bonds. The molecule has 0 aromatic carbocycles. The van der Waals surface area contributed by atoms with Crippen molar-refractivity contribution >= 4 is 27.8 Å². The van der Waals surface area contributed by atoms with Crippen LogP contribution in [0.1, 0.15) is 0 Å². The maximum absolute atomic E-state index is 12.0. The molecule has 17 heavy (non-hydrogen) atoms. The van der Waals surface area contributed by atoms with Crippen LogP contribution in [0.15, 0.2) is 34.6 Å². The van der Waals surface area contributed by atoms with Gasteiger partial charge in [0.15, 0.2) is 5.03 Å². The fraction of sp³-hybridized carbons (Fsp3) is 0.333. The van der Waals surface area contributed by atoms with Gasteiger partial charge in [-0.25, -0.2) is 13.4 Å². The molecule has 1 aromatic rings.